The first-order valence-electron chi connectivity index (χ1n) is 5.90. The summed E-state index contributed by atoms with van der Waals surface area (Å²) < 4.78 is 6.86. The maximum atomic E-state index is 6.19. The van der Waals surface area contributed by atoms with Gasteiger partial charge in [-0.05, 0) is 26.0 Å². The van der Waals surface area contributed by atoms with Gasteiger partial charge in [-0.25, -0.2) is 0 Å². The smallest absolute Gasteiger partial charge is 0.280 e. The van der Waals surface area contributed by atoms with E-state index in [9.17, 15) is 0 Å². The van der Waals surface area contributed by atoms with Gasteiger partial charge in [-0.1, -0.05) is 16.8 Å². The van der Waals surface area contributed by atoms with Crippen molar-refractivity contribution in [2.24, 2.45) is 7.05 Å². The van der Waals surface area contributed by atoms with Crippen LogP contribution in [0.1, 0.15) is 11.4 Å². The van der Waals surface area contributed by atoms with Crippen molar-refractivity contribution < 1.29 is 4.52 Å². The normalized spacial score (nSPS) is 11.0. The van der Waals surface area contributed by atoms with Crippen LogP contribution in [-0.2, 0) is 7.05 Å². The van der Waals surface area contributed by atoms with Crippen LogP contribution >= 0.6 is 11.6 Å². The Morgan fingerprint density at radius 3 is 2.60 bits per heavy atom. The van der Waals surface area contributed by atoms with E-state index >= 15 is 0 Å². The number of halogens is 1. The van der Waals surface area contributed by atoms with Crippen molar-refractivity contribution in [1.29, 1.82) is 0 Å². The molecule has 0 aliphatic heterocycles. The van der Waals surface area contributed by atoms with Crippen LogP contribution in [0.3, 0.4) is 0 Å². The molecular weight excluding hydrogens is 280 g/mol. The average Bonchev–Trinajstić information content (AvgIpc) is 3.01. The quantitative estimate of drug-likeness (QED) is 0.719. The van der Waals surface area contributed by atoms with Crippen LogP contribution in [0.25, 0.3) is 23.1 Å². The van der Waals surface area contributed by atoms with Crippen LogP contribution in [0, 0.1) is 13.8 Å². The predicted molar refractivity (Wildman–Crippen MR) is 72.0 cm³/mol. The first-order valence-corrected chi connectivity index (χ1v) is 6.28. The van der Waals surface area contributed by atoms with Gasteiger partial charge < -0.3 is 4.52 Å². The lowest BCUT2D eigenvalue weighted by molar-refractivity contribution is 0.430. The molecule has 3 heterocycles. The topological polar surface area (TPSA) is 82.5 Å². The summed E-state index contributed by atoms with van der Waals surface area (Å²) in [5.41, 5.74) is 2.65. The lowest BCUT2D eigenvalue weighted by Crippen LogP contribution is -1.92. The second-order valence-corrected chi connectivity index (χ2v) is 4.73. The Balaban J connectivity index is 2.01. The summed E-state index contributed by atoms with van der Waals surface area (Å²) in [7, 11) is 1.80. The van der Waals surface area contributed by atoms with E-state index in [4.69, 9.17) is 16.1 Å². The maximum absolute atomic E-state index is 6.19. The van der Waals surface area contributed by atoms with Gasteiger partial charge in [0.1, 0.15) is 5.69 Å². The summed E-state index contributed by atoms with van der Waals surface area (Å²) in [5.74, 6) is 0.614. The Hall–Kier alpha value is -2.28. The van der Waals surface area contributed by atoms with Crippen LogP contribution in [0.15, 0.2) is 16.7 Å². The van der Waals surface area contributed by atoms with E-state index in [0.29, 0.717) is 22.2 Å². The molecule has 0 aromatic carbocycles. The van der Waals surface area contributed by atoms with Crippen LogP contribution < -0.4 is 0 Å². The number of aryl methyl sites for hydroxylation is 2. The fourth-order valence-electron chi connectivity index (χ4n) is 1.66. The molecule has 3 rings (SSSR count). The molecule has 0 saturated heterocycles. The summed E-state index contributed by atoms with van der Waals surface area (Å²) in [5, 5.41) is 16.6. The number of hydrogen-bond donors (Lipinski definition) is 0. The number of nitrogens with zero attached hydrogens (tertiary/aromatic N) is 6. The molecule has 0 fully saturated rings. The minimum atomic E-state index is 0.260. The van der Waals surface area contributed by atoms with Gasteiger partial charge in [-0.2, -0.15) is 15.2 Å². The molecule has 0 amide bonds. The molecule has 0 N–H and O–H groups in total. The molecule has 0 radical (unpaired) electrons. The number of hydrogen-bond acceptors (Lipinski definition) is 6. The lowest BCUT2D eigenvalue weighted by Gasteiger charge is -1.92. The second-order valence-electron chi connectivity index (χ2n) is 4.35. The molecule has 3 aromatic rings. The predicted octanol–water partition coefficient (Wildman–Crippen LogP) is 2.20. The zero-order valence-corrected chi connectivity index (χ0v) is 11.9. The molecule has 0 aliphatic carbocycles. The summed E-state index contributed by atoms with van der Waals surface area (Å²) in [6.07, 6.45) is 0. The first-order chi connectivity index (χ1) is 9.56. The fraction of sp³-hybridized carbons (Fsp3) is 0.250. The zero-order valence-electron chi connectivity index (χ0n) is 11.1. The van der Waals surface area contributed by atoms with Crippen molar-refractivity contribution in [2.45, 2.75) is 13.8 Å². The van der Waals surface area contributed by atoms with E-state index in [0.717, 1.165) is 11.4 Å². The molecule has 3 aromatic heterocycles. The molecule has 0 saturated carbocycles. The molecule has 8 heteroatoms. The Bertz CT molecular complexity index is 761. The van der Waals surface area contributed by atoms with Crippen molar-refractivity contribution in [2.75, 3.05) is 0 Å². The summed E-state index contributed by atoms with van der Waals surface area (Å²) in [6, 6.07) is 3.61. The Morgan fingerprint density at radius 2 is 2.00 bits per heavy atom. The Kier molecular flexibility index (Phi) is 2.98. The van der Waals surface area contributed by atoms with Gasteiger partial charge in [0.05, 0.1) is 16.4 Å². The molecule has 0 atom stereocenters. The molecule has 0 spiro atoms. The van der Waals surface area contributed by atoms with Crippen LogP contribution in [0.5, 0.6) is 0 Å². The first kappa shape index (κ1) is 12.7. The Labute approximate surface area is 119 Å². The molecule has 7 nitrogen and oxygen atoms in total. The van der Waals surface area contributed by atoms with Crippen molar-refractivity contribution in [1.82, 2.24) is 30.1 Å². The summed E-state index contributed by atoms with van der Waals surface area (Å²) in [4.78, 5) is 4.26. The van der Waals surface area contributed by atoms with Gasteiger partial charge in [0, 0.05) is 7.05 Å². The molecule has 0 aliphatic rings. The lowest BCUT2D eigenvalue weighted by atomic mass is 10.3. The largest absolute Gasteiger partial charge is 0.332 e. The van der Waals surface area contributed by atoms with E-state index < -0.39 is 0 Å². The number of aromatic nitrogens is 6. The number of rotatable bonds is 2. The second kappa shape index (κ2) is 4.68. The van der Waals surface area contributed by atoms with Gasteiger partial charge in [0.2, 0.25) is 5.82 Å². The average molecular weight is 291 g/mol. The molecular formula is C12H11ClN6O. The van der Waals surface area contributed by atoms with Gasteiger partial charge in [0.15, 0.2) is 5.69 Å². The van der Waals surface area contributed by atoms with Gasteiger partial charge in [0.25, 0.3) is 5.89 Å². The third-order valence-corrected chi connectivity index (χ3v) is 3.37. The SMILES string of the molecule is Cc1ccc(-c2noc(-c3nn(C)c(C)c3Cl)n2)nn1. The molecule has 20 heavy (non-hydrogen) atoms. The fourth-order valence-corrected chi connectivity index (χ4v) is 1.90. The minimum Gasteiger partial charge on any atom is -0.332 e. The van der Waals surface area contributed by atoms with Crippen LogP contribution in [-0.4, -0.2) is 30.1 Å². The van der Waals surface area contributed by atoms with Gasteiger partial charge >= 0.3 is 0 Å². The van der Waals surface area contributed by atoms with Crippen molar-refractivity contribution in [3.8, 4) is 23.1 Å². The molecule has 0 unspecified atom stereocenters. The third-order valence-electron chi connectivity index (χ3n) is 2.92. The monoisotopic (exact) mass is 290 g/mol. The highest BCUT2D eigenvalue weighted by atomic mass is 35.5. The molecule has 102 valence electrons. The van der Waals surface area contributed by atoms with Crippen molar-refractivity contribution in [3.05, 3.63) is 28.5 Å². The third kappa shape index (κ3) is 2.05. The van der Waals surface area contributed by atoms with E-state index in [1.165, 1.54) is 0 Å². The summed E-state index contributed by atoms with van der Waals surface area (Å²) >= 11 is 6.19. The maximum Gasteiger partial charge on any atom is 0.280 e. The van der Waals surface area contributed by atoms with Crippen LogP contribution in [0.4, 0.5) is 0 Å². The van der Waals surface area contributed by atoms with E-state index in [2.05, 4.69) is 25.4 Å². The minimum absolute atomic E-state index is 0.260. The zero-order chi connectivity index (χ0) is 14.3. The van der Waals surface area contributed by atoms with Gasteiger partial charge in [-0.15, -0.1) is 5.10 Å². The van der Waals surface area contributed by atoms with Gasteiger partial charge in [-0.3, -0.25) is 4.68 Å². The highest BCUT2D eigenvalue weighted by Gasteiger charge is 2.19. The highest BCUT2D eigenvalue weighted by molar-refractivity contribution is 6.33. The highest BCUT2D eigenvalue weighted by Crippen LogP contribution is 2.29. The van der Waals surface area contributed by atoms with E-state index in [1.807, 2.05) is 19.9 Å². The van der Waals surface area contributed by atoms with Crippen molar-refractivity contribution >= 4 is 11.6 Å². The van der Waals surface area contributed by atoms with E-state index in [-0.39, 0.29) is 5.89 Å². The molecule has 0 bridgehead atoms. The Morgan fingerprint density at radius 1 is 1.20 bits per heavy atom. The standard InChI is InChI=1S/C12H11ClN6O/c1-6-4-5-8(16-15-6)11-14-12(20-18-11)10-9(13)7(2)19(3)17-10/h4-5H,1-3H3. The van der Waals surface area contributed by atoms with E-state index in [1.54, 1.807) is 17.8 Å². The summed E-state index contributed by atoms with van der Waals surface area (Å²) in [6.45, 7) is 3.72. The van der Waals surface area contributed by atoms with Crippen LogP contribution in [0.2, 0.25) is 5.02 Å². The van der Waals surface area contributed by atoms with Crippen molar-refractivity contribution in [3.63, 3.8) is 0 Å².